The number of rotatable bonds is 3. The normalized spacial score (nSPS) is 17.0. The Morgan fingerprint density at radius 3 is 2.79 bits per heavy atom. The lowest BCUT2D eigenvalue weighted by Gasteiger charge is -2.21. The Hall–Kier alpha value is -1.57. The average molecular weight is 257 g/mol. The number of nitrogens with zero attached hydrogens (tertiary/aromatic N) is 1. The molecule has 2 heteroatoms. The number of benzene rings is 1. The Bertz CT molecular complexity index is 540. The third-order valence-corrected chi connectivity index (χ3v) is 3.85. The van der Waals surface area contributed by atoms with Crippen molar-refractivity contribution >= 4 is 11.4 Å². The van der Waals surface area contributed by atoms with Gasteiger partial charge < -0.3 is 4.74 Å². The lowest BCUT2D eigenvalue weighted by Crippen LogP contribution is -2.11. The molecular weight excluding hydrogens is 234 g/mol. The van der Waals surface area contributed by atoms with Gasteiger partial charge >= 0.3 is 0 Å². The highest BCUT2D eigenvalue weighted by molar-refractivity contribution is 5.91. The van der Waals surface area contributed by atoms with Crippen molar-refractivity contribution in [3.63, 3.8) is 0 Å². The molecule has 1 unspecified atom stereocenters. The summed E-state index contributed by atoms with van der Waals surface area (Å²) in [6, 6.07) is 6.33. The van der Waals surface area contributed by atoms with Crippen LogP contribution in [0.3, 0.4) is 0 Å². The molecule has 1 atom stereocenters. The third kappa shape index (κ3) is 2.89. The first-order valence-corrected chi connectivity index (χ1v) is 7.01. The summed E-state index contributed by atoms with van der Waals surface area (Å²) in [5, 5.41) is 0. The van der Waals surface area contributed by atoms with Gasteiger partial charge in [-0.15, -0.1) is 0 Å². The molecule has 0 spiro atoms. The molecular formula is C17H23NO. The topological polar surface area (TPSA) is 21.6 Å². The van der Waals surface area contributed by atoms with E-state index in [1.54, 1.807) is 0 Å². The quantitative estimate of drug-likeness (QED) is 0.724. The Labute approximate surface area is 116 Å². The Morgan fingerprint density at radius 1 is 1.37 bits per heavy atom. The van der Waals surface area contributed by atoms with E-state index in [2.05, 4.69) is 52.8 Å². The molecule has 0 amide bonds. The van der Waals surface area contributed by atoms with Gasteiger partial charge in [-0.25, -0.2) is 0 Å². The Morgan fingerprint density at radius 2 is 2.11 bits per heavy atom. The fourth-order valence-corrected chi connectivity index (χ4v) is 2.17. The molecule has 1 heterocycles. The van der Waals surface area contributed by atoms with Gasteiger partial charge in [0.05, 0.1) is 5.70 Å². The Balaban J connectivity index is 2.45. The fourth-order valence-electron chi connectivity index (χ4n) is 2.17. The average Bonchev–Trinajstić information content (AvgIpc) is 2.40. The van der Waals surface area contributed by atoms with Crippen molar-refractivity contribution in [2.24, 2.45) is 10.9 Å². The molecule has 0 radical (unpaired) electrons. The molecule has 0 fully saturated rings. The summed E-state index contributed by atoms with van der Waals surface area (Å²) in [5.74, 6) is 1.48. The van der Waals surface area contributed by atoms with E-state index >= 15 is 0 Å². The molecule has 0 saturated carbocycles. The van der Waals surface area contributed by atoms with Crippen LogP contribution in [0, 0.1) is 12.8 Å². The number of ether oxygens (including phenoxy) is 1. The molecule has 19 heavy (non-hydrogen) atoms. The summed E-state index contributed by atoms with van der Waals surface area (Å²) in [6.07, 6.45) is 1.12. The highest BCUT2D eigenvalue weighted by Gasteiger charge is 2.18. The molecule has 1 aliphatic heterocycles. The summed E-state index contributed by atoms with van der Waals surface area (Å²) in [6.45, 7) is 11.4. The number of aryl methyl sites for hydroxylation is 1. The minimum Gasteiger partial charge on any atom is -0.488 e. The smallest absolute Gasteiger partial charge is 0.129 e. The van der Waals surface area contributed by atoms with Crippen molar-refractivity contribution in [2.75, 3.05) is 6.61 Å². The number of hydrogen-bond acceptors (Lipinski definition) is 2. The van der Waals surface area contributed by atoms with Gasteiger partial charge in [0, 0.05) is 11.3 Å². The van der Waals surface area contributed by atoms with Crippen molar-refractivity contribution in [1.82, 2.24) is 0 Å². The molecule has 1 aliphatic rings. The monoisotopic (exact) mass is 257 g/mol. The molecule has 2 nitrogen and oxygen atoms in total. The first kappa shape index (κ1) is 13.9. The highest BCUT2D eigenvalue weighted by Crippen LogP contribution is 2.34. The highest BCUT2D eigenvalue weighted by atomic mass is 16.5. The van der Waals surface area contributed by atoms with E-state index in [0.29, 0.717) is 12.5 Å². The van der Waals surface area contributed by atoms with Crippen molar-refractivity contribution < 1.29 is 4.74 Å². The van der Waals surface area contributed by atoms with Gasteiger partial charge in [-0.2, -0.15) is 0 Å². The maximum Gasteiger partial charge on any atom is 0.129 e. The summed E-state index contributed by atoms with van der Waals surface area (Å²) in [7, 11) is 0. The van der Waals surface area contributed by atoms with E-state index in [1.165, 1.54) is 16.8 Å². The summed E-state index contributed by atoms with van der Waals surface area (Å²) in [4.78, 5) is 4.88. The molecule has 0 bridgehead atoms. The Kier molecular flexibility index (Phi) is 4.08. The van der Waals surface area contributed by atoms with Crippen LogP contribution in [0.5, 0.6) is 5.75 Å². The second-order valence-corrected chi connectivity index (χ2v) is 5.48. The molecule has 1 aromatic rings. The minimum absolute atomic E-state index is 0.525. The van der Waals surface area contributed by atoms with Crippen LogP contribution in [0.4, 0.5) is 0 Å². The van der Waals surface area contributed by atoms with Crippen LogP contribution >= 0.6 is 0 Å². The van der Waals surface area contributed by atoms with Crippen molar-refractivity contribution in [3.05, 3.63) is 34.9 Å². The van der Waals surface area contributed by atoms with E-state index in [4.69, 9.17) is 9.73 Å². The lowest BCUT2D eigenvalue weighted by atomic mass is 10.0. The maximum atomic E-state index is 5.79. The molecule has 0 aromatic heterocycles. The van der Waals surface area contributed by atoms with Gasteiger partial charge in [0.25, 0.3) is 0 Å². The largest absolute Gasteiger partial charge is 0.488 e. The van der Waals surface area contributed by atoms with E-state index in [0.717, 1.165) is 23.4 Å². The summed E-state index contributed by atoms with van der Waals surface area (Å²) >= 11 is 0. The number of fused-ring (bicyclic) bond motifs is 1. The third-order valence-electron chi connectivity index (χ3n) is 3.85. The van der Waals surface area contributed by atoms with Crippen LogP contribution < -0.4 is 4.74 Å². The standard InChI is InChI=1S/C17H23NO/c1-6-12(3)14(5)18-17-13(4)10-19-16-9-11(2)7-8-15(16)17/h7-9,12H,6,10H2,1-5H3. The second-order valence-electron chi connectivity index (χ2n) is 5.48. The SMILES string of the molecule is CCC(C)C(C)=NC1=C(C)COc2cc(C)ccc21. The van der Waals surface area contributed by atoms with E-state index in [1.807, 2.05) is 0 Å². The zero-order chi connectivity index (χ0) is 14.0. The van der Waals surface area contributed by atoms with Crippen LogP contribution in [0.1, 0.15) is 45.2 Å². The first-order chi connectivity index (χ1) is 9.02. The molecule has 0 saturated heterocycles. The van der Waals surface area contributed by atoms with Gasteiger partial charge in [-0.05, 0) is 56.4 Å². The van der Waals surface area contributed by atoms with Crippen LogP contribution in [0.25, 0.3) is 5.70 Å². The van der Waals surface area contributed by atoms with Gasteiger partial charge in [-0.3, -0.25) is 4.99 Å². The van der Waals surface area contributed by atoms with E-state index in [9.17, 15) is 0 Å². The van der Waals surface area contributed by atoms with Crippen LogP contribution in [0.2, 0.25) is 0 Å². The van der Waals surface area contributed by atoms with Crippen molar-refractivity contribution in [2.45, 2.75) is 41.0 Å². The number of hydrogen-bond donors (Lipinski definition) is 0. The van der Waals surface area contributed by atoms with Crippen molar-refractivity contribution in [3.8, 4) is 5.75 Å². The number of aliphatic imine (C=N–C) groups is 1. The molecule has 0 N–H and O–H groups in total. The minimum atomic E-state index is 0.525. The fraction of sp³-hybridized carbons (Fsp3) is 0.471. The van der Waals surface area contributed by atoms with Gasteiger partial charge in [-0.1, -0.05) is 19.9 Å². The van der Waals surface area contributed by atoms with Crippen LogP contribution in [0.15, 0.2) is 28.8 Å². The zero-order valence-electron chi connectivity index (χ0n) is 12.6. The van der Waals surface area contributed by atoms with Gasteiger partial charge in [0.2, 0.25) is 0 Å². The summed E-state index contributed by atoms with van der Waals surface area (Å²) < 4.78 is 5.79. The van der Waals surface area contributed by atoms with E-state index < -0.39 is 0 Å². The molecule has 1 aromatic carbocycles. The molecule has 2 rings (SSSR count). The zero-order valence-corrected chi connectivity index (χ0v) is 12.6. The second kappa shape index (κ2) is 5.60. The van der Waals surface area contributed by atoms with Gasteiger partial charge in [0.1, 0.15) is 12.4 Å². The predicted octanol–water partition coefficient (Wildman–Crippen LogP) is 4.63. The van der Waals surface area contributed by atoms with E-state index in [-0.39, 0.29) is 0 Å². The van der Waals surface area contributed by atoms with Gasteiger partial charge in [0.15, 0.2) is 0 Å². The van der Waals surface area contributed by atoms with Crippen molar-refractivity contribution in [1.29, 1.82) is 0 Å². The van der Waals surface area contributed by atoms with Crippen LogP contribution in [-0.4, -0.2) is 12.3 Å². The first-order valence-electron chi connectivity index (χ1n) is 7.01. The predicted molar refractivity (Wildman–Crippen MR) is 81.8 cm³/mol. The maximum absolute atomic E-state index is 5.79. The molecule has 102 valence electrons. The summed E-state index contributed by atoms with van der Waals surface area (Å²) in [5.41, 5.74) is 5.85. The lowest BCUT2D eigenvalue weighted by molar-refractivity contribution is 0.345. The molecule has 0 aliphatic carbocycles. The van der Waals surface area contributed by atoms with Crippen LogP contribution in [-0.2, 0) is 0 Å².